The molecule has 0 bridgehead atoms. The Labute approximate surface area is 73.0 Å². The van der Waals surface area contributed by atoms with Crippen LogP contribution in [0.3, 0.4) is 0 Å². The third-order valence-corrected chi connectivity index (χ3v) is 2.66. The van der Waals surface area contributed by atoms with Gasteiger partial charge in [-0.1, -0.05) is 13.0 Å². The number of benzene rings is 1. The van der Waals surface area contributed by atoms with Gasteiger partial charge in [-0.25, -0.2) is 0 Å². The van der Waals surface area contributed by atoms with Gasteiger partial charge in [-0.2, -0.15) is 0 Å². The Morgan fingerprint density at radius 1 is 1.36 bits per heavy atom. The molecule has 0 spiro atoms. The van der Waals surface area contributed by atoms with Crippen LogP contribution in [0.5, 0.6) is 0 Å². The van der Waals surface area contributed by atoms with Crippen molar-refractivity contribution in [2.75, 3.05) is 6.26 Å². The average molecular weight is 166 g/mol. The lowest BCUT2D eigenvalue weighted by Gasteiger charge is -2.03. The van der Waals surface area contributed by atoms with Crippen molar-refractivity contribution in [3.8, 4) is 0 Å². The number of hydrogen-bond donors (Lipinski definition) is 0. The normalized spacial score (nSPS) is 10.1. The topological polar surface area (TPSA) is 0 Å². The van der Waals surface area contributed by atoms with E-state index in [2.05, 4.69) is 38.3 Å². The number of thioether (sulfide) groups is 1. The second-order valence-electron chi connectivity index (χ2n) is 2.65. The van der Waals surface area contributed by atoms with E-state index in [1.807, 2.05) is 11.8 Å². The van der Waals surface area contributed by atoms with Crippen LogP contribution in [0.25, 0.3) is 0 Å². The molecule has 0 nitrogen and oxygen atoms in total. The van der Waals surface area contributed by atoms with Crippen LogP contribution < -0.4 is 0 Å². The molecule has 0 saturated heterocycles. The SMILES string of the molecule is CCc1cc(SC)ccc1C. The standard InChI is InChI=1S/C10H14S/c1-4-9-7-10(11-3)6-5-8(9)2/h5-7H,4H2,1-3H3. The number of aryl methyl sites for hydroxylation is 2. The van der Waals surface area contributed by atoms with Crippen molar-refractivity contribution in [2.24, 2.45) is 0 Å². The van der Waals surface area contributed by atoms with Gasteiger partial charge in [0.25, 0.3) is 0 Å². The van der Waals surface area contributed by atoms with Gasteiger partial charge in [-0.05, 0) is 42.9 Å². The molecule has 11 heavy (non-hydrogen) atoms. The van der Waals surface area contributed by atoms with Crippen LogP contribution in [0.2, 0.25) is 0 Å². The minimum Gasteiger partial charge on any atom is -0.130 e. The maximum atomic E-state index is 2.28. The van der Waals surface area contributed by atoms with Crippen molar-refractivity contribution in [3.05, 3.63) is 29.3 Å². The summed E-state index contributed by atoms with van der Waals surface area (Å²) < 4.78 is 0. The molecule has 1 aromatic rings. The average Bonchev–Trinajstić information content (AvgIpc) is 2.05. The fourth-order valence-electron chi connectivity index (χ4n) is 1.16. The summed E-state index contributed by atoms with van der Waals surface area (Å²) in [7, 11) is 0. The summed E-state index contributed by atoms with van der Waals surface area (Å²) in [6.45, 7) is 4.37. The van der Waals surface area contributed by atoms with E-state index in [0.717, 1.165) is 6.42 Å². The first-order valence-electron chi connectivity index (χ1n) is 3.91. The van der Waals surface area contributed by atoms with E-state index in [9.17, 15) is 0 Å². The predicted molar refractivity (Wildman–Crippen MR) is 52.3 cm³/mol. The van der Waals surface area contributed by atoms with E-state index in [0.29, 0.717) is 0 Å². The third kappa shape index (κ3) is 2.00. The quantitative estimate of drug-likeness (QED) is 0.608. The van der Waals surface area contributed by atoms with Gasteiger partial charge in [0.2, 0.25) is 0 Å². The second kappa shape index (κ2) is 3.82. The van der Waals surface area contributed by atoms with Gasteiger partial charge in [0.15, 0.2) is 0 Å². The predicted octanol–water partition coefficient (Wildman–Crippen LogP) is 3.28. The molecule has 0 aromatic heterocycles. The van der Waals surface area contributed by atoms with Gasteiger partial charge in [0.1, 0.15) is 0 Å². The molecule has 0 atom stereocenters. The maximum Gasteiger partial charge on any atom is 0.00720 e. The number of rotatable bonds is 2. The first-order valence-corrected chi connectivity index (χ1v) is 5.14. The van der Waals surface area contributed by atoms with E-state index in [1.54, 1.807) is 0 Å². The van der Waals surface area contributed by atoms with Crippen LogP contribution in [-0.4, -0.2) is 6.26 Å². The molecule has 0 aliphatic carbocycles. The molecule has 1 rings (SSSR count). The summed E-state index contributed by atoms with van der Waals surface area (Å²) >= 11 is 1.81. The maximum absolute atomic E-state index is 2.28. The number of hydrogen-bond acceptors (Lipinski definition) is 1. The van der Waals surface area contributed by atoms with Crippen molar-refractivity contribution in [2.45, 2.75) is 25.2 Å². The highest BCUT2D eigenvalue weighted by Gasteiger charge is 1.96. The highest BCUT2D eigenvalue weighted by molar-refractivity contribution is 7.98. The summed E-state index contributed by atoms with van der Waals surface area (Å²) in [4.78, 5) is 1.37. The van der Waals surface area contributed by atoms with Crippen molar-refractivity contribution in [3.63, 3.8) is 0 Å². The minimum atomic E-state index is 1.14. The Morgan fingerprint density at radius 2 is 2.09 bits per heavy atom. The molecular formula is C10H14S. The Balaban J connectivity index is 3.02. The summed E-state index contributed by atoms with van der Waals surface area (Å²) in [6.07, 6.45) is 3.25. The third-order valence-electron chi connectivity index (χ3n) is 1.94. The molecule has 0 aliphatic rings. The lowest BCUT2D eigenvalue weighted by atomic mass is 10.1. The van der Waals surface area contributed by atoms with E-state index in [1.165, 1.54) is 16.0 Å². The zero-order valence-electron chi connectivity index (χ0n) is 7.35. The molecule has 0 amide bonds. The molecule has 0 aliphatic heterocycles. The van der Waals surface area contributed by atoms with Gasteiger partial charge >= 0.3 is 0 Å². The van der Waals surface area contributed by atoms with E-state index >= 15 is 0 Å². The van der Waals surface area contributed by atoms with Gasteiger partial charge in [-0.15, -0.1) is 11.8 Å². The van der Waals surface area contributed by atoms with Crippen LogP contribution in [0.15, 0.2) is 23.1 Å². The molecule has 0 radical (unpaired) electrons. The first-order chi connectivity index (χ1) is 5.27. The Hall–Kier alpha value is -0.430. The lowest BCUT2D eigenvalue weighted by molar-refractivity contribution is 1.09. The van der Waals surface area contributed by atoms with E-state index < -0.39 is 0 Å². The summed E-state index contributed by atoms with van der Waals surface area (Å²) in [5.41, 5.74) is 2.88. The van der Waals surface area contributed by atoms with Crippen LogP contribution in [0.4, 0.5) is 0 Å². The molecule has 1 aromatic carbocycles. The molecule has 0 N–H and O–H groups in total. The summed E-state index contributed by atoms with van der Waals surface area (Å²) in [6, 6.07) is 6.66. The van der Waals surface area contributed by atoms with Crippen LogP contribution in [0.1, 0.15) is 18.1 Å². The van der Waals surface area contributed by atoms with Gasteiger partial charge in [0.05, 0.1) is 0 Å². The van der Waals surface area contributed by atoms with E-state index in [4.69, 9.17) is 0 Å². The smallest absolute Gasteiger partial charge is 0.00720 e. The van der Waals surface area contributed by atoms with Crippen LogP contribution >= 0.6 is 11.8 Å². The lowest BCUT2D eigenvalue weighted by Crippen LogP contribution is -1.85. The minimum absolute atomic E-state index is 1.14. The van der Waals surface area contributed by atoms with Gasteiger partial charge in [-0.3, -0.25) is 0 Å². The fraction of sp³-hybridized carbons (Fsp3) is 0.400. The van der Waals surface area contributed by atoms with Crippen LogP contribution in [0, 0.1) is 6.92 Å². The Bertz CT molecular complexity index is 241. The fourth-order valence-corrected chi connectivity index (χ4v) is 1.62. The summed E-state index contributed by atoms with van der Waals surface area (Å²) in [5.74, 6) is 0. The highest BCUT2D eigenvalue weighted by atomic mass is 32.2. The Kier molecular flexibility index (Phi) is 3.01. The molecule has 0 unspecified atom stereocenters. The van der Waals surface area contributed by atoms with E-state index in [-0.39, 0.29) is 0 Å². The largest absolute Gasteiger partial charge is 0.130 e. The first kappa shape index (κ1) is 8.66. The second-order valence-corrected chi connectivity index (χ2v) is 3.53. The van der Waals surface area contributed by atoms with Gasteiger partial charge < -0.3 is 0 Å². The van der Waals surface area contributed by atoms with Crippen molar-refractivity contribution in [1.29, 1.82) is 0 Å². The zero-order chi connectivity index (χ0) is 8.27. The van der Waals surface area contributed by atoms with Gasteiger partial charge in [0, 0.05) is 4.90 Å². The Morgan fingerprint density at radius 3 is 2.64 bits per heavy atom. The molecule has 60 valence electrons. The molecule has 1 heteroatoms. The highest BCUT2D eigenvalue weighted by Crippen LogP contribution is 2.18. The zero-order valence-corrected chi connectivity index (χ0v) is 8.16. The van der Waals surface area contributed by atoms with Crippen molar-refractivity contribution in [1.82, 2.24) is 0 Å². The molecular weight excluding hydrogens is 152 g/mol. The monoisotopic (exact) mass is 166 g/mol. The molecule has 0 saturated carbocycles. The van der Waals surface area contributed by atoms with Crippen LogP contribution in [-0.2, 0) is 6.42 Å². The van der Waals surface area contributed by atoms with Crippen molar-refractivity contribution < 1.29 is 0 Å². The molecule has 0 fully saturated rings. The summed E-state index contributed by atoms with van der Waals surface area (Å²) in [5, 5.41) is 0. The van der Waals surface area contributed by atoms with Crippen molar-refractivity contribution >= 4 is 11.8 Å². The molecule has 0 heterocycles.